The molecule has 7 heteroatoms. The van der Waals surface area contributed by atoms with E-state index in [1.165, 1.54) is 0 Å². The number of furan rings is 1. The lowest BCUT2D eigenvalue weighted by Crippen LogP contribution is -2.44. The number of nitrogens with two attached hydrogens (primary N) is 1. The van der Waals surface area contributed by atoms with Crippen molar-refractivity contribution in [1.82, 2.24) is 10.2 Å². The van der Waals surface area contributed by atoms with Crippen molar-refractivity contribution in [3.8, 4) is 11.3 Å². The number of primary amides is 1. The van der Waals surface area contributed by atoms with Crippen LogP contribution < -0.4 is 16.4 Å². The van der Waals surface area contributed by atoms with E-state index in [2.05, 4.69) is 15.5 Å². The maximum Gasteiger partial charge on any atom is 0.319 e. The monoisotopic (exact) mass is 356 g/mol. The van der Waals surface area contributed by atoms with Crippen LogP contribution in [0.1, 0.15) is 12.8 Å². The number of hydrogen-bond donors (Lipinski definition) is 3. The zero-order valence-corrected chi connectivity index (χ0v) is 14.6. The summed E-state index contributed by atoms with van der Waals surface area (Å²) in [5, 5.41) is 5.64. The standard InChI is InChI=1S/C19H24N4O3/c20-18(24)15-3-1-10-23(13-15)11-9-21-19(25)22-16-7-5-14(6-8-16)17-4-2-12-26-17/h2,4-8,12,15H,1,3,9-11,13H2,(H2,20,24)(H2,21,22,25). The van der Waals surface area contributed by atoms with Crippen LogP contribution in [0, 0.1) is 5.92 Å². The molecular weight excluding hydrogens is 332 g/mol. The van der Waals surface area contributed by atoms with E-state index in [9.17, 15) is 9.59 Å². The Bertz CT molecular complexity index is 728. The van der Waals surface area contributed by atoms with E-state index in [1.807, 2.05) is 36.4 Å². The number of hydrogen-bond acceptors (Lipinski definition) is 4. The van der Waals surface area contributed by atoms with Gasteiger partial charge < -0.3 is 25.7 Å². The third-order valence-electron chi connectivity index (χ3n) is 4.57. The molecule has 1 aromatic carbocycles. The first kappa shape index (κ1) is 18.0. The molecule has 0 aliphatic carbocycles. The first-order valence-corrected chi connectivity index (χ1v) is 8.82. The fourth-order valence-electron chi connectivity index (χ4n) is 3.15. The molecule has 2 aromatic rings. The summed E-state index contributed by atoms with van der Waals surface area (Å²) in [5.41, 5.74) is 7.05. The van der Waals surface area contributed by atoms with Crippen molar-refractivity contribution in [3.05, 3.63) is 42.7 Å². The van der Waals surface area contributed by atoms with Gasteiger partial charge in [0.1, 0.15) is 5.76 Å². The number of rotatable bonds is 6. The van der Waals surface area contributed by atoms with Gasteiger partial charge >= 0.3 is 6.03 Å². The molecule has 4 N–H and O–H groups in total. The van der Waals surface area contributed by atoms with E-state index < -0.39 is 0 Å². The van der Waals surface area contributed by atoms with Gasteiger partial charge in [-0.25, -0.2) is 4.79 Å². The second-order valence-electron chi connectivity index (χ2n) is 6.48. The molecular formula is C19H24N4O3. The quantitative estimate of drug-likeness (QED) is 0.739. The molecule has 3 rings (SSSR count). The summed E-state index contributed by atoms with van der Waals surface area (Å²) in [6.07, 6.45) is 3.44. The van der Waals surface area contributed by atoms with Crippen LogP contribution in [0.4, 0.5) is 10.5 Å². The van der Waals surface area contributed by atoms with Crippen molar-refractivity contribution < 1.29 is 14.0 Å². The number of carbonyl (C=O) groups is 2. The van der Waals surface area contributed by atoms with Crippen LogP contribution >= 0.6 is 0 Å². The highest BCUT2D eigenvalue weighted by molar-refractivity contribution is 5.89. The van der Waals surface area contributed by atoms with Crippen LogP contribution in [0.15, 0.2) is 47.1 Å². The number of benzene rings is 1. The predicted molar refractivity (Wildman–Crippen MR) is 99.5 cm³/mol. The minimum absolute atomic E-state index is 0.0785. The van der Waals surface area contributed by atoms with E-state index in [0.717, 1.165) is 30.7 Å². The number of carbonyl (C=O) groups excluding carboxylic acids is 2. The number of likely N-dealkylation sites (tertiary alicyclic amines) is 1. The van der Waals surface area contributed by atoms with Crippen LogP contribution in [0.25, 0.3) is 11.3 Å². The van der Waals surface area contributed by atoms with Crippen molar-refractivity contribution in [2.75, 3.05) is 31.5 Å². The average molecular weight is 356 g/mol. The van der Waals surface area contributed by atoms with Crippen molar-refractivity contribution in [2.45, 2.75) is 12.8 Å². The zero-order valence-electron chi connectivity index (χ0n) is 14.6. The Labute approximate surface area is 152 Å². The zero-order chi connectivity index (χ0) is 18.4. The molecule has 1 aliphatic rings. The van der Waals surface area contributed by atoms with Gasteiger partial charge in [0.2, 0.25) is 5.91 Å². The third-order valence-corrected chi connectivity index (χ3v) is 4.57. The lowest BCUT2D eigenvalue weighted by molar-refractivity contribution is -0.123. The molecule has 2 heterocycles. The van der Waals surface area contributed by atoms with Gasteiger partial charge in [-0.05, 0) is 55.8 Å². The van der Waals surface area contributed by atoms with Gasteiger partial charge in [0.05, 0.1) is 12.2 Å². The fraction of sp³-hybridized carbons (Fsp3) is 0.368. The highest BCUT2D eigenvalue weighted by Gasteiger charge is 2.23. The lowest BCUT2D eigenvalue weighted by atomic mass is 9.97. The van der Waals surface area contributed by atoms with E-state index in [4.69, 9.17) is 10.2 Å². The maximum absolute atomic E-state index is 12.0. The molecule has 7 nitrogen and oxygen atoms in total. The number of anilines is 1. The largest absolute Gasteiger partial charge is 0.464 e. The fourth-order valence-corrected chi connectivity index (χ4v) is 3.15. The molecule has 26 heavy (non-hydrogen) atoms. The summed E-state index contributed by atoms with van der Waals surface area (Å²) in [7, 11) is 0. The Morgan fingerprint density at radius 1 is 1.23 bits per heavy atom. The predicted octanol–water partition coefficient (Wildman–Crippen LogP) is 2.27. The maximum atomic E-state index is 12.0. The molecule has 0 saturated carbocycles. The Morgan fingerprint density at radius 3 is 2.73 bits per heavy atom. The Morgan fingerprint density at radius 2 is 2.04 bits per heavy atom. The van der Waals surface area contributed by atoms with Gasteiger partial charge in [-0.2, -0.15) is 0 Å². The third kappa shape index (κ3) is 4.86. The molecule has 0 spiro atoms. The summed E-state index contributed by atoms with van der Waals surface area (Å²) in [5.74, 6) is 0.473. The molecule has 3 amide bonds. The van der Waals surface area contributed by atoms with Crippen molar-refractivity contribution in [2.24, 2.45) is 11.7 Å². The molecule has 1 saturated heterocycles. The SMILES string of the molecule is NC(=O)C1CCCN(CCNC(=O)Nc2ccc(-c3ccco3)cc2)C1. The number of nitrogens with zero attached hydrogens (tertiary/aromatic N) is 1. The molecule has 1 aromatic heterocycles. The number of amides is 3. The summed E-state index contributed by atoms with van der Waals surface area (Å²) in [4.78, 5) is 25.5. The van der Waals surface area contributed by atoms with Gasteiger partial charge in [0.15, 0.2) is 0 Å². The van der Waals surface area contributed by atoms with Gasteiger partial charge in [0.25, 0.3) is 0 Å². The van der Waals surface area contributed by atoms with Crippen molar-refractivity contribution in [1.29, 1.82) is 0 Å². The topological polar surface area (TPSA) is 101 Å². The van der Waals surface area contributed by atoms with Gasteiger partial charge in [-0.1, -0.05) is 0 Å². The van der Waals surface area contributed by atoms with Crippen LogP contribution in [-0.4, -0.2) is 43.0 Å². The summed E-state index contributed by atoms with van der Waals surface area (Å²) in [6, 6.07) is 10.9. The van der Waals surface area contributed by atoms with Gasteiger partial charge in [-0.3, -0.25) is 4.79 Å². The number of nitrogens with one attached hydrogen (secondary N) is 2. The summed E-state index contributed by atoms with van der Waals surface area (Å²) >= 11 is 0. The van der Waals surface area contributed by atoms with E-state index in [1.54, 1.807) is 6.26 Å². The van der Waals surface area contributed by atoms with Crippen molar-refractivity contribution in [3.63, 3.8) is 0 Å². The molecule has 1 fully saturated rings. The minimum atomic E-state index is -0.251. The molecule has 0 radical (unpaired) electrons. The van der Waals surface area contributed by atoms with E-state index >= 15 is 0 Å². The van der Waals surface area contributed by atoms with E-state index in [0.29, 0.717) is 25.3 Å². The van der Waals surface area contributed by atoms with Crippen LogP contribution in [0.2, 0.25) is 0 Å². The molecule has 1 aliphatic heterocycles. The lowest BCUT2D eigenvalue weighted by Gasteiger charge is -2.31. The van der Waals surface area contributed by atoms with E-state index in [-0.39, 0.29) is 17.9 Å². The highest BCUT2D eigenvalue weighted by Crippen LogP contribution is 2.21. The van der Waals surface area contributed by atoms with Gasteiger partial charge in [-0.15, -0.1) is 0 Å². The number of piperidine rings is 1. The first-order valence-electron chi connectivity index (χ1n) is 8.82. The second kappa shape index (κ2) is 8.53. The van der Waals surface area contributed by atoms with Gasteiger partial charge in [0, 0.05) is 30.9 Å². The molecule has 0 bridgehead atoms. The second-order valence-corrected chi connectivity index (χ2v) is 6.48. The smallest absolute Gasteiger partial charge is 0.319 e. The Kier molecular flexibility index (Phi) is 5.91. The van der Waals surface area contributed by atoms with Crippen molar-refractivity contribution >= 4 is 17.6 Å². The average Bonchev–Trinajstić information content (AvgIpc) is 3.17. The first-order chi connectivity index (χ1) is 12.6. The molecule has 1 atom stereocenters. The summed E-state index contributed by atoms with van der Waals surface area (Å²) in [6.45, 7) is 2.82. The normalized spacial score (nSPS) is 17.6. The Balaban J connectivity index is 1.41. The molecule has 138 valence electrons. The number of urea groups is 1. The van der Waals surface area contributed by atoms with Crippen LogP contribution in [-0.2, 0) is 4.79 Å². The summed E-state index contributed by atoms with van der Waals surface area (Å²) < 4.78 is 5.34. The molecule has 1 unspecified atom stereocenters. The van der Waals surface area contributed by atoms with Crippen LogP contribution in [0.5, 0.6) is 0 Å². The highest BCUT2D eigenvalue weighted by atomic mass is 16.3. The minimum Gasteiger partial charge on any atom is -0.464 e. The Hall–Kier alpha value is -2.80. The van der Waals surface area contributed by atoms with Crippen LogP contribution in [0.3, 0.4) is 0 Å².